The zero-order valence-electron chi connectivity index (χ0n) is 6.52. The number of carbonyl (C=O) groups is 2. The summed E-state index contributed by atoms with van der Waals surface area (Å²) in [6.45, 7) is 0. The zero-order chi connectivity index (χ0) is 9.14. The first kappa shape index (κ1) is 12.3. The minimum Gasteiger partial charge on any atom is -0.521 e. The van der Waals surface area contributed by atoms with Gasteiger partial charge in [0.25, 0.3) is 5.97 Å². The van der Waals surface area contributed by atoms with Crippen LogP contribution in [-0.4, -0.2) is 22.2 Å². The first-order chi connectivity index (χ1) is 5.61. The third-order valence-electron chi connectivity index (χ3n) is 1.29. The molecule has 0 unspecified atom stereocenters. The van der Waals surface area contributed by atoms with Gasteiger partial charge in [0.2, 0.25) is 5.97 Å². The van der Waals surface area contributed by atoms with Crippen molar-refractivity contribution in [3.05, 3.63) is 35.4 Å². The van der Waals surface area contributed by atoms with Crippen LogP contribution in [0.5, 0.6) is 0 Å². The van der Waals surface area contributed by atoms with Crippen LogP contribution < -0.4 is 0 Å². The van der Waals surface area contributed by atoms with E-state index >= 15 is 0 Å². The van der Waals surface area contributed by atoms with Crippen LogP contribution in [0.25, 0.3) is 0 Å². The van der Waals surface area contributed by atoms with Crippen molar-refractivity contribution in [1.82, 2.24) is 0 Å². The van der Waals surface area contributed by atoms with E-state index in [1.807, 2.05) is 0 Å². The molecule has 0 bridgehead atoms. The fraction of sp³-hybridized carbons (Fsp3) is 0. The SMILES string of the molecule is O=C(O)c1[c-]cc(C(=O)O)cc1.[Y]. The molecule has 0 amide bonds. The largest absolute Gasteiger partial charge is 0.521 e. The molecule has 5 heteroatoms. The second kappa shape index (κ2) is 5.09. The van der Waals surface area contributed by atoms with E-state index in [-0.39, 0.29) is 43.8 Å². The second-order valence-corrected chi connectivity index (χ2v) is 2.10. The predicted octanol–water partition coefficient (Wildman–Crippen LogP) is 0.881. The second-order valence-electron chi connectivity index (χ2n) is 2.10. The van der Waals surface area contributed by atoms with Gasteiger partial charge < -0.3 is 15.0 Å². The van der Waals surface area contributed by atoms with E-state index in [9.17, 15) is 9.59 Å². The Labute approximate surface area is 99.5 Å². The topological polar surface area (TPSA) is 74.6 Å². The third kappa shape index (κ3) is 3.24. The molecule has 0 aliphatic rings. The van der Waals surface area contributed by atoms with E-state index in [4.69, 9.17) is 10.2 Å². The molecule has 0 atom stereocenters. The van der Waals surface area contributed by atoms with Gasteiger partial charge >= 0.3 is 0 Å². The van der Waals surface area contributed by atoms with Crippen molar-refractivity contribution in [2.75, 3.05) is 0 Å². The molecule has 2 N–H and O–H groups in total. The normalized spacial score (nSPS) is 8.62. The Morgan fingerprint density at radius 3 is 2.08 bits per heavy atom. The quantitative estimate of drug-likeness (QED) is 0.768. The van der Waals surface area contributed by atoms with E-state index in [1.54, 1.807) is 0 Å². The number of aromatic carboxylic acids is 2. The Hall–Kier alpha value is -0.736. The van der Waals surface area contributed by atoms with Crippen molar-refractivity contribution < 1.29 is 52.5 Å². The summed E-state index contributed by atoms with van der Waals surface area (Å²) in [6.07, 6.45) is 0. The van der Waals surface area contributed by atoms with Gasteiger partial charge in [0.05, 0.1) is 0 Å². The minimum atomic E-state index is -1.12. The van der Waals surface area contributed by atoms with Crippen molar-refractivity contribution >= 4 is 11.9 Å². The van der Waals surface area contributed by atoms with Gasteiger partial charge in [0.1, 0.15) is 0 Å². The Morgan fingerprint density at radius 2 is 1.77 bits per heavy atom. The van der Waals surface area contributed by atoms with Crippen LogP contribution in [0.3, 0.4) is 0 Å². The van der Waals surface area contributed by atoms with Crippen LogP contribution in [0.1, 0.15) is 20.7 Å². The summed E-state index contributed by atoms with van der Waals surface area (Å²) >= 11 is 0. The summed E-state index contributed by atoms with van der Waals surface area (Å²) in [4.78, 5) is 20.6. The van der Waals surface area contributed by atoms with Crippen molar-refractivity contribution in [3.8, 4) is 0 Å². The molecule has 0 spiro atoms. The number of rotatable bonds is 2. The minimum absolute atomic E-state index is 0. The standard InChI is InChI=1S/C8H5O4.Y/c9-7(10)5-1-2-6(4-3-5)8(11)12;/h1-3H,(H,9,10)(H,11,12);/q-1;. The molecule has 0 heterocycles. The molecule has 1 aromatic rings. The third-order valence-corrected chi connectivity index (χ3v) is 1.29. The molecule has 0 aliphatic carbocycles. The molecule has 1 rings (SSSR count). The Kier molecular flexibility index (Phi) is 4.80. The molecule has 4 nitrogen and oxygen atoms in total. The van der Waals surface area contributed by atoms with Gasteiger partial charge in [-0.25, -0.2) is 0 Å². The molecule has 0 saturated heterocycles. The van der Waals surface area contributed by atoms with Gasteiger partial charge in [0, 0.05) is 32.7 Å². The number of benzene rings is 1. The van der Waals surface area contributed by atoms with Crippen LogP contribution >= 0.6 is 0 Å². The van der Waals surface area contributed by atoms with E-state index in [1.165, 1.54) is 12.1 Å². The maximum Gasteiger partial charge on any atom is 0.292 e. The molecule has 0 saturated carbocycles. The molecule has 65 valence electrons. The van der Waals surface area contributed by atoms with E-state index in [0.29, 0.717) is 0 Å². The summed E-state index contributed by atoms with van der Waals surface area (Å²) in [5.41, 5.74) is -0.0139. The van der Waals surface area contributed by atoms with Gasteiger partial charge in [-0.05, 0) is 5.56 Å². The summed E-state index contributed by atoms with van der Waals surface area (Å²) in [6, 6.07) is 5.89. The maximum absolute atomic E-state index is 10.3. The van der Waals surface area contributed by atoms with E-state index in [0.717, 1.165) is 6.07 Å². The van der Waals surface area contributed by atoms with E-state index in [2.05, 4.69) is 6.07 Å². The van der Waals surface area contributed by atoms with Crippen molar-refractivity contribution in [2.45, 2.75) is 0 Å². The molecule has 0 fully saturated rings. The van der Waals surface area contributed by atoms with Crippen molar-refractivity contribution in [2.24, 2.45) is 0 Å². The summed E-state index contributed by atoms with van der Waals surface area (Å²) in [5, 5.41) is 16.9. The molecular formula is C8H5O4Y-. The average Bonchev–Trinajstić information content (AvgIpc) is 2.04. The van der Waals surface area contributed by atoms with Gasteiger partial charge in [-0.15, -0.1) is 24.3 Å². The van der Waals surface area contributed by atoms with Crippen LogP contribution in [0.15, 0.2) is 18.2 Å². The maximum atomic E-state index is 10.3. The number of carboxylic acid groups (broad SMARTS) is 2. The van der Waals surface area contributed by atoms with Crippen molar-refractivity contribution in [1.29, 1.82) is 0 Å². The van der Waals surface area contributed by atoms with Gasteiger partial charge in [-0.3, -0.25) is 4.79 Å². The van der Waals surface area contributed by atoms with Crippen LogP contribution in [0.2, 0.25) is 0 Å². The smallest absolute Gasteiger partial charge is 0.292 e. The van der Waals surface area contributed by atoms with E-state index < -0.39 is 11.9 Å². The monoisotopic (exact) mass is 254 g/mol. The number of carboxylic acids is 2. The summed E-state index contributed by atoms with van der Waals surface area (Å²) in [5.74, 6) is -2.21. The molecule has 1 aromatic carbocycles. The summed E-state index contributed by atoms with van der Waals surface area (Å²) < 4.78 is 0. The average molecular weight is 254 g/mol. The molecule has 13 heavy (non-hydrogen) atoms. The predicted molar refractivity (Wildman–Crippen MR) is 39.2 cm³/mol. The van der Waals surface area contributed by atoms with Gasteiger partial charge in [0.15, 0.2) is 0 Å². The van der Waals surface area contributed by atoms with Gasteiger partial charge in [-0.2, -0.15) is 0 Å². The van der Waals surface area contributed by atoms with Crippen LogP contribution in [0, 0.1) is 6.07 Å². The Bertz CT molecular complexity index is 284. The zero-order valence-corrected chi connectivity index (χ0v) is 9.36. The van der Waals surface area contributed by atoms with Crippen LogP contribution in [-0.2, 0) is 32.7 Å². The number of hydrogen-bond donors (Lipinski definition) is 2. The van der Waals surface area contributed by atoms with Crippen molar-refractivity contribution in [3.63, 3.8) is 0 Å². The number of hydrogen-bond acceptors (Lipinski definition) is 2. The molecule has 0 aliphatic heterocycles. The molecule has 0 aromatic heterocycles. The fourth-order valence-corrected chi connectivity index (χ4v) is 0.691. The van der Waals surface area contributed by atoms with Crippen LogP contribution in [0.4, 0.5) is 0 Å². The molecular weight excluding hydrogens is 249 g/mol. The first-order valence-electron chi connectivity index (χ1n) is 3.09. The fourth-order valence-electron chi connectivity index (χ4n) is 0.691. The Morgan fingerprint density at radius 1 is 1.15 bits per heavy atom. The van der Waals surface area contributed by atoms with Gasteiger partial charge in [-0.1, -0.05) is 5.56 Å². The molecule has 1 radical (unpaired) electrons. The summed E-state index contributed by atoms with van der Waals surface area (Å²) in [7, 11) is 0. The first-order valence-corrected chi connectivity index (χ1v) is 3.09. The Balaban J connectivity index is 0.00000144.